The smallest absolute Gasteiger partial charge is 0.318 e. The highest BCUT2D eigenvalue weighted by molar-refractivity contribution is 8.00. The molecule has 0 aliphatic rings. The Bertz CT molecular complexity index is 614. The van der Waals surface area contributed by atoms with Crippen molar-refractivity contribution in [3.8, 4) is 0 Å². The number of urea groups is 1. The van der Waals surface area contributed by atoms with Crippen LogP contribution in [-0.4, -0.2) is 32.1 Å². The fraction of sp³-hybridized carbons (Fsp3) is 0.182. The van der Waals surface area contributed by atoms with Crippen LogP contribution in [0.5, 0.6) is 0 Å². The summed E-state index contributed by atoms with van der Waals surface area (Å²) in [5.74, 6) is -0.517. The Morgan fingerprint density at radius 3 is 2.60 bits per heavy atom. The molecule has 0 saturated heterocycles. The third-order valence-electron chi connectivity index (χ3n) is 2.39. The van der Waals surface area contributed by atoms with Gasteiger partial charge < -0.3 is 5.73 Å². The van der Waals surface area contributed by atoms with Crippen molar-refractivity contribution in [2.24, 2.45) is 12.8 Å². The average Bonchev–Trinajstić information content (AvgIpc) is 2.81. The largest absolute Gasteiger partial charge is 0.351 e. The van der Waals surface area contributed by atoms with Gasteiger partial charge in [-0.05, 0) is 16.0 Å². The molecule has 0 unspecified atom stereocenters. The van der Waals surface area contributed by atoms with Gasteiger partial charge in [0, 0.05) is 7.05 Å². The quantitative estimate of drug-likeness (QED) is 0.780. The number of benzene rings is 1. The summed E-state index contributed by atoms with van der Waals surface area (Å²) in [4.78, 5) is 22.9. The summed E-state index contributed by atoms with van der Waals surface area (Å²) in [6.45, 7) is 0. The Morgan fingerprint density at radius 2 is 2.05 bits per heavy atom. The highest BCUT2D eigenvalue weighted by Gasteiger charge is 2.25. The van der Waals surface area contributed by atoms with E-state index < -0.39 is 17.2 Å². The van der Waals surface area contributed by atoms with Gasteiger partial charge in [0.1, 0.15) is 5.25 Å². The van der Waals surface area contributed by atoms with Gasteiger partial charge in [-0.1, -0.05) is 42.1 Å². The average molecular weight is 292 g/mol. The molecule has 0 radical (unpaired) electrons. The summed E-state index contributed by atoms with van der Waals surface area (Å²) in [5, 5.41) is 12.9. The maximum Gasteiger partial charge on any atom is 0.318 e. The first-order chi connectivity index (χ1) is 9.58. The lowest BCUT2D eigenvalue weighted by atomic mass is 10.1. The van der Waals surface area contributed by atoms with E-state index in [2.05, 4.69) is 20.8 Å². The normalized spacial score (nSPS) is 11.8. The number of rotatable bonds is 4. The van der Waals surface area contributed by atoms with E-state index in [9.17, 15) is 9.59 Å². The van der Waals surface area contributed by atoms with Crippen LogP contribution in [0.15, 0.2) is 35.5 Å². The van der Waals surface area contributed by atoms with Gasteiger partial charge in [0.05, 0.1) is 0 Å². The second-order valence-electron chi connectivity index (χ2n) is 3.85. The maximum atomic E-state index is 12.1. The molecule has 1 heterocycles. The van der Waals surface area contributed by atoms with E-state index >= 15 is 0 Å². The molecule has 1 atom stereocenters. The highest BCUT2D eigenvalue weighted by atomic mass is 32.2. The molecule has 1 aromatic carbocycles. The molecular formula is C11H12N6O2S. The molecule has 2 aromatic rings. The van der Waals surface area contributed by atoms with E-state index in [0.717, 1.165) is 17.3 Å². The van der Waals surface area contributed by atoms with Crippen LogP contribution < -0.4 is 11.1 Å². The van der Waals surface area contributed by atoms with E-state index in [1.54, 1.807) is 31.3 Å². The predicted octanol–water partition coefficient (Wildman–Crippen LogP) is 0.238. The van der Waals surface area contributed by atoms with Crippen LogP contribution >= 0.6 is 11.8 Å². The van der Waals surface area contributed by atoms with Gasteiger partial charge in [-0.3, -0.25) is 10.1 Å². The molecule has 2 rings (SSSR count). The molecular weight excluding hydrogens is 280 g/mol. The fourth-order valence-corrected chi connectivity index (χ4v) is 2.46. The van der Waals surface area contributed by atoms with E-state index in [1.165, 1.54) is 4.68 Å². The number of amides is 3. The number of hydrogen-bond acceptors (Lipinski definition) is 6. The second kappa shape index (κ2) is 6.15. The van der Waals surface area contributed by atoms with Crippen molar-refractivity contribution < 1.29 is 9.59 Å². The van der Waals surface area contributed by atoms with Crippen molar-refractivity contribution in [1.29, 1.82) is 0 Å². The Morgan fingerprint density at radius 1 is 1.35 bits per heavy atom. The molecule has 0 aliphatic heterocycles. The summed E-state index contributed by atoms with van der Waals surface area (Å²) < 4.78 is 1.44. The van der Waals surface area contributed by atoms with Gasteiger partial charge in [0.2, 0.25) is 11.1 Å². The first kappa shape index (κ1) is 14.0. The lowest BCUT2D eigenvalue weighted by molar-refractivity contribution is -0.119. The van der Waals surface area contributed by atoms with Gasteiger partial charge in [-0.2, -0.15) is 0 Å². The minimum absolute atomic E-state index is 0.457. The van der Waals surface area contributed by atoms with Gasteiger partial charge in [-0.15, -0.1) is 5.10 Å². The lowest BCUT2D eigenvalue weighted by Crippen LogP contribution is -2.37. The zero-order chi connectivity index (χ0) is 14.5. The van der Waals surface area contributed by atoms with Crippen molar-refractivity contribution in [1.82, 2.24) is 25.5 Å². The molecule has 3 amide bonds. The number of carbonyl (C=O) groups is 2. The van der Waals surface area contributed by atoms with Gasteiger partial charge in [-0.25, -0.2) is 9.48 Å². The van der Waals surface area contributed by atoms with Crippen molar-refractivity contribution in [2.45, 2.75) is 10.4 Å². The van der Waals surface area contributed by atoms with E-state index in [4.69, 9.17) is 5.73 Å². The standard InChI is InChI=1S/C11H12N6O2S/c1-17-11(14-15-16-17)20-8(9(18)13-10(12)19)7-5-3-2-4-6-7/h2-6,8H,1H3,(H3,12,13,18,19)/t8-/m1/s1. The molecule has 0 saturated carbocycles. The fourth-order valence-electron chi connectivity index (χ4n) is 1.51. The number of aromatic nitrogens is 4. The van der Waals surface area contributed by atoms with Crippen LogP contribution in [0.25, 0.3) is 0 Å². The number of imide groups is 1. The summed E-state index contributed by atoms with van der Waals surface area (Å²) >= 11 is 1.13. The molecule has 0 aliphatic carbocycles. The van der Waals surface area contributed by atoms with E-state index in [1.807, 2.05) is 6.07 Å². The van der Waals surface area contributed by atoms with Gasteiger partial charge >= 0.3 is 6.03 Å². The molecule has 9 heteroatoms. The Labute approximate surface area is 118 Å². The Kier molecular flexibility index (Phi) is 4.31. The third-order valence-corrected chi connectivity index (χ3v) is 3.67. The van der Waals surface area contributed by atoms with Crippen molar-refractivity contribution in [3.05, 3.63) is 35.9 Å². The number of thioether (sulfide) groups is 1. The minimum atomic E-state index is -0.896. The lowest BCUT2D eigenvalue weighted by Gasteiger charge is -2.14. The molecule has 104 valence electrons. The van der Waals surface area contributed by atoms with Crippen LogP contribution in [0.4, 0.5) is 4.79 Å². The molecule has 1 aromatic heterocycles. The summed E-state index contributed by atoms with van der Waals surface area (Å²) in [6, 6.07) is 8.10. The van der Waals surface area contributed by atoms with Gasteiger partial charge in [0.25, 0.3) is 0 Å². The first-order valence-corrected chi connectivity index (χ1v) is 6.50. The Balaban J connectivity index is 2.27. The number of tetrazole rings is 1. The van der Waals surface area contributed by atoms with E-state index in [0.29, 0.717) is 5.16 Å². The highest BCUT2D eigenvalue weighted by Crippen LogP contribution is 2.33. The van der Waals surface area contributed by atoms with Crippen molar-refractivity contribution in [2.75, 3.05) is 0 Å². The molecule has 0 fully saturated rings. The van der Waals surface area contributed by atoms with Crippen LogP contribution in [0.2, 0.25) is 0 Å². The number of hydrogen-bond donors (Lipinski definition) is 2. The maximum absolute atomic E-state index is 12.1. The van der Waals surface area contributed by atoms with Crippen molar-refractivity contribution in [3.63, 3.8) is 0 Å². The number of nitrogens with one attached hydrogen (secondary N) is 1. The summed E-state index contributed by atoms with van der Waals surface area (Å²) in [5.41, 5.74) is 5.71. The molecule has 0 bridgehead atoms. The molecule has 0 spiro atoms. The number of aryl methyl sites for hydroxylation is 1. The van der Waals surface area contributed by atoms with Crippen LogP contribution in [0.3, 0.4) is 0 Å². The topological polar surface area (TPSA) is 116 Å². The van der Waals surface area contributed by atoms with E-state index in [-0.39, 0.29) is 0 Å². The zero-order valence-electron chi connectivity index (χ0n) is 10.6. The zero-order valence-corrected chi connectivity index (χ0v) is 11.4. The predicted molar refractivity (Wildman–Crippen MR) is 71.6 cm³/mol. The minimum Gasteiger partial charge on any atom is -0.351 e. The van der Waals surface area contributed by atoms with Gasteiger partial charge in [0.15, 0.2) is 0 Å². The number of carbonyl (C=O) groups excluding carboxylic acids is 2. The first-order valence-electron chi connectivity index (χ1n) is 5.62. The summed E-state index contributed by atoms with van der Waals surface area (Å²) in [6.07, 6.45) is 0. The Hall–Kier alpha value is -2.42. The molecule has 3 N–H and O–H groups in total. The third kappa shape index (κ3) is 3.32. The molecule has 20 heavy (non-hydrogen) atoms. The second-order valence-corrected chi connectivity index (χ2v) is 4.92. The molecule has 8 nitrogen and oxygen atoms in total. The number of primary amides is 1. The van der Waals surface area contributed by atoms with Crippen LogP contribution in [0.1, 0.15) is 10.8 Å². The van der Waals surface area contributed by atoms with Crippen LogP contribution in [-0.2, 0) is 11.8 Å². The SMILES string of the molecule is Cn1nnnc1S[C@@H](C(=O)NC(N)=O)c1ccccc1. The number of nitrogens with zero attached hydrogens (tertiary/aromatic N) is 4. The summed E-state index contributed by atoms with van der Waals surface area (Å²) in [7, 11) is 1.66. The van der Waals surface area contributed by atoms with Crippen LogP contribution in [0, 0.1) is 0 Å². The monoisotopic (exact) mass is 292 g/mol. The van der Waals surface area contributed by atoms with Crippen molar-refractivity contribution >= 4 is 23.7 Å². The number of nitrogens with two attached hydrogens (primary N) is 1.